The van der Waals surface area contributed by atoms with Gasteiger partial charge in [-0.2, -0.15) is 0 Å². The number of rotatable bonds is 2. The van der Waals surface area contributed by atoms with E-state index in [1.807, 2.05) is 19.9 Å². The van der Waals surface area contributed by atoms with Crippen LogP contribution < -0.4 is 0 Å². The summed E-state index contributed by atoms with van der Waals surface area (Å²) >= 11 is 1.19. The molecular formula is C11H16O2S. The largest absolute Gasteiger partial charge is 0.510 e. The minimum atomic E-state index is -0.540. The maximum atomic E-state index is 11.4. The van der Waals surface area contributed by atoms with Crippen LogP contribution in [0.15, 0.2) is 23.0 Å². The highest BCUT2D eigenvalue weighted by Crippen LogP contribution is 2.43. The number of carbonyl (C=O) groups is 1. The van der Waals surface area contributed by atoms with E-state index < -0.39 is 4.75 Å². The lowest BCUT2D eigenvalue weighted by Crippen LogP contribution is -2.17. The van der Waals surface area contributed by atoms with Crippen molar-refractivity contribution in [3.05, 3.63) is 23.0 Å². The lowest BCUT2D eigenvalue weighted by atomic mass is 10.0. The van der Waals surface area contributed by atoms with E-state index in [0.29, 0.717) is 5.57 Å². The SMILES string of the molecule is CC/C(C)=C/C1(C)SC(=O)C(C)=C1O. The van der Waals surface area contributed by atoms with Gasteiger partial charge in [0.25, 0.3) is 0 Å². The molecule has 1 heterocycles. The van der Waals surface area contributed by atoms with Crippen molar-refractivity contribution in [3.8, 4) is 0 Å². The molecule has 0 fully saturated rings. The highest BCUT2D eigenvalue weighted by atomic mass is 32.2. The normalized spacial score (nSPS) is 28.9. The molecule has 1 aliphatic heterocycles. The van der Waals surface area contributed by atoms with Gasteiger partial charge in [0, 0.05) is 5.57 Å². The fourth-order valence-corrected chi connectivity index (χ4v) is 2.60. The second-order valence-electron chi connectivity index (χ2n) is 3.81. The molecule has 0 saturated carbocycles. The molecule has 1 unspecified atom stereocenters. The third kappa shape index (κ3) is 1.87. The molecule has 0 aromatic rings. The van der Waals surface area contributed by atoms with Gasteiger partial charge in [-0.3, -0.25) is 4.79 Å². The van der Waals surface area contributed by atoms with Gasteiger partial charge in [0.15, 0.2) is 0 Å². The van der Waals surface area contributed by atoms with Crippen LogP contribution in [0.2, 0.25) is 0 Å². The Labute approximate surface area is 89.1 Å². The highest BCUT2D eigenvalue weighted by molar-refractivity contribution is 8.16. The summed E-state index contributed by atoms with van der Waals surface area (Å²) in [5, 5.41) is 9.80. The van der Waals surface area contributed by atoms with Crippen molar-refractivity contribution in [2.75, 3.05) is 0 Å². The smallest absolute Gasteiger partial charge is 0.219 e. The van der Waals surface area contributed by atoms with Gasteiger partial charge in [-0.15, -0.1) is 0 Å². The molecule has 2 nitrogen and oxygen atoms in total. The predicted molar refractivity (Wildman–Crippen MR) is 60.4 cm³/mol. The Balaban J connectivity index is 3.06. The Morgan fingerprint density at radius 3 is 2.57 bits per heavy atom. The molecule has 3 heteroatoms. The lowest BCUT2D eigenvalue weighted by molar-refractivity contribution is -0.107. The van der Waals surface area contributed by atoms with Crippen molar-refractivity contribution >= 4 is 16.9 Å². The monoisotopic (exact) mass is 212 g/mol. The summed E-state index contributed by atoms with van der Waals surface area (Å²) in [7, 11) is 0. The van der Waals surface area contributed by atoms with Gasteiger partial charge >= 0.3 is 0 Å². The third-order valence-corrected chi connectivity index (χ3v) is 3.74. The molecule has 1 atom stereocenters. The topological polar surface area (TPSA) is 37.3 Å². The van der Waals surface area contributed by atoms with Crippen molar-refractivity contribution < 1.29 is 9.90 Å². The van der Waals surface area contributed by atoms with Crippen molar-refractivity contribution in [2.24, 2.45) is 0 Å². The molecule has 78 valence electrons. The van der Waals surface area contributed by atoms with Crippen LogP contribution in [0, 0.1) is 0 Å². The molecule has 1 rings (SSSR count). The molecule has 0 amide bonds. The standard InChI is InChI=1S/C11H16O2S/c1-5-7(2)6-11(4)9(12)8(3)10(13)14-11/h6,12H,5H2,1-4H3/b7-6+. The highest BCUT2D eigenvalue weighted by Gasteiger charge is 2.39. The molecule has 0 bridgehead atoms. The van der Waals surface area contributed by atoms with E-state index in [1.54, 1.807) is 6.92 Å². The van der Waals surface area contributed by atoms with Crippen molar-refractivity contribution in [2.45, 2.75) is 38.9 Å². The number of aliphatic hydroxyl groups excluding tert-OH is 1. The Morgan fingerprint density at radius 1 is 1.64 bits per heavy atom. The van der Waals surface area contributed by atoms with Crippen LogP contribution >= 0.6 is 11.8 Å². The van der Waals surface area contributed by atoms with E-state index in [4.69, 9.17) is 0 Å². The zero-order chi connectivity index (χ0) is 10.9. The first-order chi connectivity index (χ1) is 6.40. The van der Waals surface area contributed by atoms with Gasteiger partial charge in [0.05, 0.1) is 4.75 Å². The van der Waals surface area contributed by atoms with Crippen LogP contribution in [0.25, 0.3) is 0 Å². The summed E-state index contributed by atoms with van der Waals surface area (Å²) in [6.45, 7) is 7.62. The first kappa shape index (κ1) is 11.4. The summed E-state index contributed by atoms with van der Waals surface area (Å²) in [5.74, 6) is 0.209. The van der Waals surface area contributed by atoms with E-state index >= 15 is 0 Å². The number of thioether (sulfide) groups is 1. The van der Waals surface area contributed by atoms with Gasteiger partial charge in [0.1, 0.15) is 5.76 Å². The summed E-state index contributed by atoms with van der Waals surface area (Å²) < 4.78 is -0.540. The maximum absolute atomic E-state index is 11.4. The Kier molecular flexibility index (Phi) is 3.10. The second-order valence-corrected chi connectivity index (χ2v) is 5.24. The van der Waals surface area contributed by atoms with Crippen molar-refractivity contribution in [1.29, 1.82) is 0 Å². The fraction of sp³-hybridized carbons (Fsp3) is 0.545. The number of aliphatic hydroxyl groups is 1. The van der Waals surface area contributed by atoms with E-state index in [1.165, 1.54) is 17.3 Å². The molecule has 1 aliphatic rings. The molecule has 0 spiro atoms. The van der Waals surface area contributed by atoms with Crippen LogP contribution in [0.3, 0.4) is 0 Å². The molecule has 0 aliphatic carbocycles. The van der Waals surface area contributed by atoms with Gasteiger partial charge in [0.2, 0.25) is 5.12 Å². The van der Waals surface area contributed by atoms with Gasteiger partial charge in [-0.05, 0) is 27.2 Å². The van der Waals surface area contributed by atoms with Crippen LogP contribution in [0.4, 0.5) is 0 Å². The van der Waals surface area contributed by atoms with Crippen LogP contribution in [0.1, 0.15) is 34.1 Å². The third-order valence-electron chi connectivity index (χ3n) is 2.52. The van der Waals surface area contributed by atoms with Crippen LogP contribution in [-0.2, 0) is 4.79 Å². The predicted octanol–water partition coefficient (Wildman–Crippen LogP) is 3.21. The average Bonchev–Trinajstić information content (AvgIpc) is 2.30. The van der Waals surface area contributed by atoms with Gasteiger partial charge in [-0.1, -0.05) is 30.3 Å². The second kappa shape index (κ2) is 3.81. The molecule has 0 aromatic carbocycles. The summed E-state index contributed by atoms with van der Waals surface area (Å²) in [4.78, 5) is 11.4. The van der Waals surface area contributed by atoms with Crippen molar-refractivity contribution in [3.63, 3.8) is 0 Å². The molecule has 14 heavy (non-hydrogen) atoms. The number of carbonyl (C=O) groups excluding carboxylic acids is 1. The zero-order valence-corrected chi connectivity index (χ0v) is 9.86. The lowest BCUT2D eigenvalue weighted by Gasteiger charge is -2.18. The minimum Gasteiger partial charge on any atom is -0.510 e. The minimum absolute atomic E-state index is 0.0230. The summed E-state index contributed by atoms with van der Waals surface area (Å²) in [6.07, 6.45) is 2.91. The molecule has 0 saturated heterocycles. The molecule has 0 aromatic heterocycles. The Bertz CT molecular complexity index is 328. The number of hydrogen-bond donors (Lipinski definition) is 1. The number of hydrogen-bond acceptors (Lipinski definition) is 3. The quantitative estimate of drug-likeness (QED) is 0.714. The van der Waals surface area contributed by atoms with Gasteiger partial charge < -0.3 is 5.11 Å². The van der Waals surface area contributed by atoms with E-state index in [9.17, 15) is 9.90 Å². The Morgan fingerprint density at radius 2 is 2.21 bits per heavy atom. The maximum Gasteiger partial charge on any atom is 0.219 e. The zero-order valence-electron chi connectivity index (χ0n) is 9.05. The molecular weight excluding hydrogens is 196 g/mol. The van der Waals surface area contributed by atoms with Gasteiger partial charge in [-0.25, -0.2) is 0 Å². The van der Waals surface area contributed by atoms with E-state index in [2.05, 4.69) is 6.92 Å². The number of allylic oxidation sites excluding steroid dienone is 1. The molecule has 0 radical (unpaired) electrons. The first-order valence-corrected chi connectivity index (χ1v) is 5.54. The molecule has 1 N–H and O–H groups in total. The summed E-state index contributed by atoms with van der Waals surface area (Å²) in [5.41, 5.74) is 1.67. The van der Waals surface area contributed by atoms with Crippen LogP contribution in [-0.4, -0.2) is 15.0 Å². The Hall–Kier alpha value is -0.700. The van der Waals surface area contributed by atoms with E-state index in [0.717, 1.165) is 6.42 Å². The average molecular weight is 212 g/mol. The van der Waals surface area contributed by atoms with Crippen LogP contribution in [0.5, 0.6) is 0 Å². The first-order valence-electron chi connectivity index (χ1n) is 4.72. The van der Waals surface area contributed by atoms with Crippen molar-refractivity contribution in [1.82, 2.24) is 0 Å². The van der Waals surface area contributed by atoms with E-state index in [-0.39, 0.29) is 10.9 Å². The summed E-state index contributed by atoms with van der Waals surface area (Å²) in [6, 6.07) is 0. The fourth-order valence-electron chi connectivity index (χ4n) is 1.46.